The summed E-state index contributed by atoms with van der Waals surface area (Å²) in [6.45, 7) is 1.92. The highest BCUT2D eigenvalue weighted by Crippen LogP contribution is 2.31. The molecule has 1 aromatic heterocycles. The highest BCUT2D eigenvalue weighted by Gasteiger charge is 2.44. The van der Waals surface area contributed by atoms with Crippen LogP contribution in [0.2, 0.25) is 0 Å². The Balaban J connectivity index is 1.53. The third kappa shape index (κ3) is 4.90. The largest absolute Gasteiger partial charge is 0.609 e. The highest BCUT2D eigenvalue weighted by molar-refractivity contribution is 7.90. The number of H-pyrrole nitrogens is 1. The summed E-state index contributed by atoms with van der Waals surface area (Å²) in [4.78, 5) is 9.41. The fraction of sp³-hybridized carbons (Fsp3) is 0.381. The molecule has 1 N–H and O–H groups in total. The number of hydrogen-bond donors (Lipinski definition) is 1. The van der Waals surface area contributed by atoms with E-state index in [-0.39, 0.29) is 16.4 Å². The number of piperidine rings is 1. The number of nitrogens with one attached hydrogen (secondary N) is 1. The van der Waals surface area contributed by atoms with Gasteiger partial charge in [0.05, 0.1) is 11.0 Å². The van der Waals surface area contributed by atoms with Gasteiger partial charge in [0, 0.05) is 41.6 Å². The lowest BCUT2D eigenvalue weighted by molar-refractivity contribution is -0.253. The molecule has 2 heterocycles. The van der Waals surface area contributed by atoms with Crippen molar-refractivity contribution in [2.45, 2.75) is 42.7 Å². The Kier molecular flexibility index (Phi) is 6.29. The number of benzene rings is 2. The highest BCUT2D eigenvalue weighted by atomic mass is 32.2. The van der Waals surface area contributed by atoms with Gasteiger partial charge in [-0.25, -0.2) is 0 Å². The maximum atomic E-state index is 13.1. The van der Waals surface area contributed by atoms with Crippen molar-refractivity contribution in [2.24, 2.45) is 0 Å². The molecule has 0 aliphatic carbocycles. The summed E-state index contributed by atoms with van der Waals surface area (Å²) in [5.74, 6) is -0.212. The number of anilines is 1. The predicted octanol–water partition coefficient (Wildman–Crippen LogP) is 5.10. The van der Waals surface area contributed by atoms with Crippen LogP contribution in [-0.4, -0.2) is 40.1 Å². The summed E-state index contributed by atoms with van der Waals surface area (Å²) < 4.78 is 68.1. The second kappa shape index (κ2) is 8.96. The molecular formula is C21H21F4N3O2S. The minimum atomic E-state index is -4.60. The second-order valence-corrected chi connectivity index (χ2v) is 8.72. The lowest BCUT2D eigenvalue weighted by Gasteiger charge is -2.30. The van der Waals surface area contributed by atoms with Gasteiger partial charge in [-0.3, -0.25) is 4.98 Å². The van der Waals surface area contributed by atoms with Crippen molar-refractivity contribution in [2.75, 3.05) is 18.0 Å². The van der Waals surface area contributed by atoms with Gasteiger partial charge >= 0.3 is 17.7 Å². The zero-order valence-electron chi connectivity index (χ0n) is 16.5. The van der Waals surface area contributed by atoms with Gasteiger partial charge in [-0.05, 0) is 37.5 Å². The van der Waals surface area contributed by atoms with E-state index >= 15 is 0 Å². The van der Waals surface area contributed by atoms with Crippen LogP contribution in [-0.2, 0) is 16.9 Å². The molecule has 4 rings (SSSR count). The van der Waals surface area contributed by atoms with Gasteiger partial charge in [-0.2, -0.15) is 22.5 Å². The van der Waals surface area contributed by atoms with Crippen LogP contribution in [0.15, 0.2) is 47.6 Å². The van der Waals surface area contributed by atoms with Crippen LogP contribution in [0, 0.1) is 0 Å². The van der Waals surface area contributed by atoms with E-state index in [0.29, 0.717) is 5.52 Å². The van der Waals surface area contributed by atoms with Gasteiger partial charge in [-0.1, -0.05) is 18.2 Å². The van der Waals surface area contributed by atoms with E-state index in [1.165, 1.54) is 12.5 Å². The monoisotopic (exact) mass is 455 g/mol. The third-order valence-corrected chi connectivity index (χ3v) is 6.33. The number of hydrogen-bond acceptors (Lipinski definition) is 4. The number of ether oxygens (including phenoxy) is 1. The van der Waals surface area contributed by atoms with Crippen molar-refractivity contribution in [1.82, 2.24) is 9.97 Å². The first kappa shape index (κ1) is 21.8. The molecular weight excluding hydrogens is 434 g/mol. The maximum Gasteiger partial charge on any atom is 0.461 e. The standard InChI is InChI=1S/C21H21F4N3O2S/c22-19(23)21(24,25)30-15-8-9-16-17(12-15)27-20(26-16)31(29)13-14-6-2-3-7-18(14)28-10-4-1-5-11-28/h2-3,6-9,12,19H,1,4-5,10-11,13H2,(H,26,27). The minimum absolute atomic E-state index is 0.182. The fourth-order valence-corrected chi connectivity index (χ4v) is 4.71. The smallest absolute Gasteiger partial charge is 0.461 e. The van der Waals surface area contributed by atoms with E-state index in [1.54, 1.807) is 0 Å². The minimum Gasteiger partial charge on any atom is -0.609 e. The van der Waals surface area contributed by atoms with Crippen LogP contribution >= 0.6 is 0 Å². The first-order chi connectivity index (χ1) is 14.8. The van der Waals surface area contributed by atoms with Crippen molar-refractivity contribution < 1.29 is 26.9 Å². The average Bonchev–Trinajstić information content (AvgIpc) is 3.18. The molecule has 0 radical (unpaired) electrons. The number of halogens is 4. The Morgan fingerprint density at radius 2 is 1.87 bits per heavy atom. The molecule has 0 spiro atoms. The van der Waals surface area contributed by atoms with Crippen LogP contribution in [0.25, 0.3) is 11.0 Å². The van der Waals surface area contributed by atoms with E-state index in [4.69, 9.17) is 0 Å². The molecule has 31 heavy (non-hydrogen) atoms. The van der Waals surface area contributed by atoms with Crippen LogP contribution < -0.4 is 9.64 Å². The number of fused-ring (bicyclic) bond motifs is 1. The summed E-state index contributed by atoms with van der Waals surface area (Å²) in [7, 11) is 0. The topological polar surface area (TPSA) is 64.2 Å². The Morgan fingerprint density at radius 3 is 2.61 bits per heavy atom. The molecule has 1 aliphatic heterocycles. The van der Waals surface area contributed by atoms with E-state index in [0.717, 1.165) is 49.3 Å². The van der Waals surface area contributed by atoms with Crippen LogP contribution in [0.1, 0.15) is 24.8 Å². The molecule has 0 bridgehead atoms. The Bertz CT molecular complexity index is 1040. The Labute approximate surface area is 179 Å². The zero-order chi connectivity index (χ0) is 22.0. The molecule has 5 nitrogen and oxygen atoms in total. The Hall–Kier alpha value is -2.46. The summed E-state index contributed by atoms with van der Waals surface area (Å²) in [5.41, 5.74) is 2.64. The number of alkyl halides is 4. The lowest BCUT2D eigenvalue weighted by atomic mass is 10.1. The van der Waals surface area contributed by atoms with E-state index in [1.807, 2.05) is 24.3 Å². The van der Waals surface area contributed by atoms with Crippen molar-refractivity contribution in [3.63, 3.8) is 0 Å². The number of nitrogens with zero attached hydrogens (tertiary/aromatic N) is 2. The van der Waals surface area contributed by atoms with Crippen molar-refractivity contribution in [1.29, 1.82) is 0 Å². The molecule has 0 saturated carbocycles. The first-order valence-corrected chi connectivity index (χ1v) is 11.2. The molecule has 1 fully saturated rings. The lowest BCUT2D eigenvalue weighted by Crippen LogP contribution is -2.33. The maximum absolute atomic E-state index is 13.1. The number of aromatic nitrogens is 2. The zero-order valence-corrected chi connectivity index (χ0v) is 17.3. The number of para-hydroxylation sites is 1. The molecule has 0 amide bonds. The molecule has 10 heteroatoms. The van der Waals surface area contributed by atoms with Crippen molar-refractivity contribution in [3.8, 4) is 5.75 Å². The van der Waals surface area contributed by atoms with Crippen LogP contribution in [0.5, 0.6) is 5.75 Å². The number of imidazole rings is 1. The summed E-state index contributed by atoms with van der Waals surface area (Å²) >= 11 is -1.52. The molecule has 1 saturated heterocycles. The van der Waals surface area contributed by atoms with Gasteiger partial charge in [0.25, 0.3) is 0 Å². The molecule has 3 aromatic rings. The van der Waals surface area contributed by atoms with E-state index in [9.17, 15) is 22.1 Å². The van der Waals surface area contributed by atoms with Gasteiger partial charge in [-0.15, -0.1) is 0 Å². The summed E-state index contributed by atoms with van der Waals surface area (Å²) in [6, 6.07) is 11.4. The van der Waals surface area contributed by atoms with Gasteiger partial charge in [0.2, 0.25) is 0 Å². The first-order valence-electron chi connectivity index (χ1n) is 9.89. The van der Waals surface area contributed by atoms with Gasteiger partial charge in [0.1, 0.15) is 11.5 Å². The van der Waals surface area contributed by atoms with E-state index in [2.05, 4.69) is 19.6 Å². The molecule has 2 aromatic carbocycles. The predicted molar refractivity (Wildman–Crippen MR) is 110 cm³/mol. The number of aromatic amines is 1. The van der Waals surface area contributed by atoms with E-state index < -0.39 is 29.5 Å². The van der Waals surface area contributed by atoms with Crippen molar-refractivity contribution in [3.05, 3.63) is 48.0 Å². The SMILES string of the molecule is [O-][S+](Cc1ccccc1N1CCCCC1)c1nc2cc(OC(F)(F)C(F)F)ccc2[nH]1. The summed E-state index contributed by atoms with van der Waals surface area (Å²) in [5, 5.41) is 0.182. The van der Waals surface area contributed by atoms with Gasteiger partial charge in [0.15, 0.2) is 0 Å². The second-order valence-electron chi connectivity index (χ2n) is 7.35. The fourth-order valence-electron chi connectivity index (χ4n) is 3.62. The van der Waals surface area contributed by atoms with Crippen LogP contribution in [0.3, 0.4) is 0 Å². The quantitative estimate of drug-likeness (QED) is 0.398. The molecule has 166 valence electrons. The molecule has 1 aliphatic rings. The van der Waals surface area contributed by atoms with Crippen LogP contribution in [0.4, 0.5) is 23.2 Å². The molecule has 1 unspecified atom stereocenters. The van der Waals surface area contributed by atoms with Gasteiger partial charge < -0.3 is 14.2 Å². The number of rotatable bonds is 7. The summed E-state index contributed by atoms with van der Waals surface area (Å²) in [6.07, 6.45) is -5.11. The third-order valence-electron chi connectivity index (χ3n) is 5.13. The molecule has 1 atom stereocenters. The Morgan fingerprint density at radius 1 is 1.13 bits per heavy atom. The normalized spacial score (nSPS) is 16.1. The van der Waals surface area contributed by atoms with Crippen molar-refractivity contribution >= 4 is 27.9 Å². The average molecular weight is 455 g/mol.